The summed E-state index contributed by atoms with van der Waals surface area (Å²) in [6.45, 7) is 16.6. The molecule has 0 saturated heterocycles. The third kappa shape index (κ3) is 2.76. The van der Waals surface area contributed by atoms with Gasteiger partial charge in [-0.2, -0.15) is 0 Å². The molecule has 0 spiro atoms. The Morgan fingerprint density at radius 2 is 1.62 bits per heavy atom. The molecule has 0 aliphatic heterocycles. The van der Waals surface area contributed by atoms with E-state index in [2.05, 4.69) is 41.2 Å². The smallest absolute Gasteiger partial charge is 0.309 e. The second-order valence-electron chi connectivity index (χ2n) is 14.5. The SMILES string of the molecule is C=C(C)[C@@H]1CC[C@]2(C(=O)O)CC[C@]3(C)[C@H](CC[C@@H]4[C@@]5(C)CC[C@H](N)C(C)(CO)[C@@H]5CC[C@]43C)[C@@H]12. The van der Waals surface area contributed by atoms with Crippen molar-refractivity contribution in [2.24, 2.45) is 62.4 Å². The summed E-state index contributed by atoms with van der Waals surface area (Å²) in [7, 11) is 0. The minimum Gasteiger partial charge on any atom is -0.481 e. The number of aliphatic carboxylic acids is 1. The van der Waals surface area contributed by atoms with Crippen LogP contribution >= 0.6 is 0 Å². The van der Waals surface area contributed by atoms with Gasteiger partial charge in [-0.3, -0.25) is 4.79 Å². The molecule has 4 N–H and O–H groups in total. The highest BCUT2D eigenvalue weighted by atomic mass is 16.4. The van der Waals surface area contributed by atoms with E-state index in [4.69, 9.17) is 5.73 Å². The third-order valence-corrected chi connectivity index (χ3v) is 13.7. The summed E-state index contributed by atoms with van der Waals surface area (Å²) < 4.78 is 0. The van der Waals surface area contributed by atoms with Crippen LogP contribution in [0.1, 0.15) is 98.8 Å². The Morgan fingerprint density at radius 3 is 2.24 bits per heavy atom. The zero-order chi connectivity index (χ0) is 24.9. The molecule has 5 rings (SSSR count). The lowest BCUT2D eigenvalue weighted by atomic mass is 9.32. The number of allylic oxidation sites excluding steroid dienone is 1. The van der Waals surface area contributed by atoms with Crippen molar-refractivity contribution in [3.63, 3.8) is 0 Å². The maximum Gasteiger partial charge on any atom is 0.309 e. The number of carboxylic acid groups (broad SMARTS) is 1. The summed E-state index contributed by atoms with van der Waals surface area (Å²) in [6.07, 6.45) is 10.5. The number of fused-ring (bicyclic) bond motifs is 7. The first-order chi connectivity index (χ1) is 15.8. The molecule has 5 fully saturated rings. The first-order valence-corrected chi connectivity index (χ1v) is 14.1. The van der Waals surface area contributed by atoms with E-state index in [1.807, 2.05) is 0 Å². The molecule has 1 unspecified atom stereocenters. The van der Waals surface area contributed by atoms with Gasteiger partial charge in [-0.15, -0.1) is 0 Å². The molecule has 0 aromatic carbocycles. The molecule has 0 radical (unpaired) electrons. The number of carbonyl (C=O) groups is 1. The number of aliphatic hydroxyl groups is 1. The van der Waals surface area contributed by atoms with E-state index in [9.17, 15) is 15.0 Å². The minimum atomic E-state index is -0.550. The van der Waals surface area contributed by atoms with Gasteiger partial charge in [0, 0.05) is 11.5 Å². The third-order valence-electron chi connectivity index (χ3n) is 13.7. The van der Waals surface area contributed by atoms with Crippen LogP contribution in [0.25, 0.3) is 0 Å². The van der Waals surface area contributed by atoms with Gasteiger partial charge in [0.25, 0.3) is 0 Å². The van der Waals surface area contributed by atoms with Gasteiger partial charge < -0.3 is 15.9 Å². The molecule has 11 atom stereocenters. The molecular weight excluding hydrogens is 422 g/mol. The van der Waals surface area contributed by atoms with Gasteiger partial charge in [0.1, 0.15) is 0 Å². The molecule has 0 amide bonds. The van der Waals surface area contributed by atoms with Crippen molar-refractivity contribution in [1.29, 1.82) is 0 Å². The number of carboxylic acids is 1. The molecule has 4 heteroatoms. The zero-order valence-corrected chi connectivity index (χ0v) is 22.3. The van der Waals surface area contributed by atoms with E-state index in [0.29, 0.717) is 23.7 Å². The molecule has 4 nitrogen and oxygen atoms in total. The van der Waals surface area contributed by atoms with Gasteiger partial charge in [-0.05, 0) is 117 Å². The van der Waals surface area contributed by atoms with Crippen LogP contribution in [0.5, 0.6) is 0 Å². The van der Waals surface area contributed by atoms with Crippen LogP contribution in [0.3, 0.4) is 0 Å². The molecule has 5 saturated carbocycles. The molecule has 5 aliphatic rings. The summed E-state index contributed by atoms with van der Waals surface area (Å²) in [5.74, 6) is 1.55. The Bertz CT molecular complexity index is 886. The quantitative estimate of drug-likeness (QED) is 0.439. The van der Waals surface area contributed by atoms with Crippen molar-refractivity contribution in [3.8, 4) is 0 Å². The van der Waals surface area contributed by atoms with Crippen LogP contribution in [0.2, 0.25) is 0 Å². The van der Waals surface area contributed by atoms with E-state index < -0.39 is 11.4 Å². The first-order valence-electron chi connectivity index (χ1n) is 14.1. The van der Waals surface area contributed by atoms with Crippen LogP contribution in [0.15, 0.2) is 12.2 Å². The van der Waals surface area contributed by atoms with E-state index >= 15 is 0 Å². The van der Waals surface area contributed by atoms with E-state index in [0.717, 1.165) is 51.4 Å². The van der Waals surface area contributed by atoms with Gasteiger partial charge in [-0.25, -0.2) is 0 Å². The zero-order valence-electron chi connectivity index (χ0n) is 22.3. The van der Waals surface area contributed by atoms with Crippen molar-refractivity contribution in [3.05, 3.63) is 12.2 Å². The lowest BCUT2D eigenvalue weighted by Crippen LogP contribution is -2.68. The summed E-state index contributed by atoms with van der Waals surface area (Å²) in [4.78, 5) is 12.8. The molecule has 192 valence electrons. The number of hydrogen-bond acceptors (Lipinski definition) is 3. The predicted molar refractivity (Wildman–Crippen MR) is 136 cm³/mol. The molecule has 5 aliphatic carbocycles. The normalized spacial score (nSPS) is 56.6. The van der Waals surface area contributed by atoms with E-state index in [1.165, 1.54) is 18.4 Å². The van der Waals surface area contributed by atoms with Gasteiger partial charge in [0.15, 0.2) is 0 Å². The number of rotatable bonds is 3. The Labute approximate surface area is 207 Å². The number of aliphatic hydroxyl groups excluding tert-OH is 1. The van der Waals surface area contributed by atoms with Crippen LogP contribution in [0.4, 0.5) is 0 Å². The van der Waals surface area contributed by atoms with Crippen molar-refractivity contribution < 1.29 is 15.0 Å². The lowest BCUT2D eigenvalue weighted by molar-refractivity contribution is -0.243. The van der Waals surface area contributed by atoms with Crippen LogP contribution < -0.4 is 5.73 Å². The fourth-order valence-corrected chi connectivity index (χ4v) is 11.6. The maximum atomic E-state index is 12.8. The van der Waals surface area contributed by atoms with Crippen molar-refractivity contribution >= 4 is 5.97 Å². The van der Waals surface area contributed by atoms with Crippen molar-refractivity contribution in [1.82, 2.24) is 0 Å². The van der Waals surface area contributed by atoms with Gasteiger partial charge in [-0.1, -0.05) is 39.8 Å². The van der Waals surface area contributed by atoms with Crippen LogP contribution in [-0.4, -0.2) is 28.8 Å². The second kappa shape index (κ2) is 7.57. The average Bonchev–Trinajstić information content (AvgIpc) is 3.18. The Balaban J connectivity index is 1.56. The van der Waals surface area contributed by atoms with Crippen molar-refractivity contribution in [2.45, 2.75) is 105 Å². The molecule has 0 aromatic heterocycles. The Morgan fingerprint density at radius 1 is 0.912 bits per heavy atom. The molecule has 0 heterocycles. The highest BCUT2D eigenvalue weighted by Crippen LogP contribution is 2.77. The highest BCUT2D eigenvalue weighted by Gasteiger charge is 2.72. The second-order valence-corrected chi connectivity index (χ2v) is 14.5. The standard InChI is InChI=1S/C30H49NO3/c1-18(2)19-9-14-30(25(33)34)16-15-28(5)20(24(19)30)7-8-22-26(3)12-11-23(31)27(4,17-32)21(26)10-13-29(22,28)6/h19-24,32H,1,7-17,31H2,2-6H3,(H,33,34)/t19-,20+,21+,22+,23-,24+,26-,27?,28+,29+,30-/m0/s1. The minimum absolute atomic E-state index is 0.0764. The predicted octanol–water partition coefficient (Wildman–Crippen LogP) is 6.03. The van der Waals surface area contributed by atoms with Crippen LogP contribution in [-0.2, 0) is 4.79 Å². The number of nitrogens with two attached hydrogens (primary N) is 1. The largest absolute Gasteiger partial charge is 0.481 e. The topological polar surface area (TPSA) is 83.5 Å². The molecular formula is C30H49NO3. The molecule has 0 aromatic rings. The Hall–Kier alpha value is -0.870. The first kappa shape index (κ1) is 24.8. The fourth-order valence-electron chi connectivity index (χ4n) is 11.6. The summed E-state index contributed by atoms with van der Waals surface area (Å²) >= 11 is 0. The maximum absolute atomic E-state index is 12.8. The van der Waals surface area contributed by atoms with Crippen molar-refractivity contribution in [2.75, 3.05) is 6.61 Å². The summed E-state index contributed by atoms with van der Waals surface area (Å²) in [5.41, 5.74) is 7.63. The van der Waals surface area contributed by atoms with Gasteiger partial charge >= 0.3 is 5.97 Å². The molecule has 0 bridgehead atoms. The molecule has 34 heavy (non-hydrogen) atoms. The highest BCUT2D eigenvalue weighted by molar-refractivity contribution is 5.76. The van der Waals surface area contributed by atoms with Gasteiger partial charge in [0.05, 0.1) is 12.0 Å². The number of hydrogen-bond donors (Lipinski definition) is 3. The van der Waals surface area contributed by atoms with Crippen LogP contribution in [0, 0.1) is 56.7 Å². The Kier molecular flexibility index (Phi) is 5.52. The average molecular weight is 472 g/mol. The summed E-state index contributed by atoms with van der Waals surface area (Å²) in [6, 6.07) is 0.0764. The monoisotopic (exact) mass is 471 g/mol. The van der Waals surface area contributed by atoms with E-state index in [1.54, 1.807) is 0 Å². The lowest BCUT2D eigenvalue weighted by Gasteiger charge is -2.73. The summed E-state index contributed by atoms with van der Waals surface area (Å²) in [5, 5.41) is 21.0. The van der Waals surface area contributed by atoms with E-state index in [-0.39, 0.29) is 40.2 Å². The van der Waals surface area contributed by atoms with Gasteiger partial charge in [0.2, 0.25) is 0 Å². The fraction of sp³-hybridized carbons (Fsp3) is 0.900.